The summed E-state index contributed by atoms with van der Waals surface area (Å²) in [7, 11) is 6.22. The van der Waals surface area contributed by atoms with Crippen molar-refractivity contribution < 1.29 is 0 Å². The summed E-state index contributed by atoms with van der Waals surface area (Å²) in [6, 6.07) is 0. The molecule has 1 N–H and O–H groups in total. The van der Waals surface area contributed by atoms with Crippen molar-refractivity contribution in [2.24, 2.45) is 10.9 Å². The molecule has 4 nitrogen and oxygen atoms in total. The summed E-state index contributed by atoms with van der Waals surface area (Å²) in [6.45, 7) is 6.89. The number of unbranched alkanes of at least 4 members (excludes halogenated alkanes) is 1. The smallest absolute Gasteiger partial charge is 0.193 e. The molecule has 1 aliphatic heterocycles. The van der Waals surface area contributed by atoms with Gasteiger partial charge in [0.15, 0.2) is 5.96 Å². The molecule has 0 bridgehead atoms. The van der Waals surface area contributed by atoms with E-state index in [1.165, 1.54) is 45.2 Å². The van der Waals surface area contributed by atoms with Crippen LogP contribution in [-0.4, -0.2) is 63.1 Å². The van der Waals surface area contributed by atoms with E-state index in [0.717, 1.165) is 25.0 Å². The average Bonchev–Trinajstić information content (AvgIpc) is 2.43. The number of nitrogens with one attached hydrogen (secondary N) is 1. The first-order valence-corrected chi connectivity index (χ1v) is 7.77. The predicted octanol–water partition coefficient (Wildman–Crippen LogP) is 2.03. The van der Waals surface area contributed by atoms with Crippen LogP contribution in [0.5, 0.6) is 0 Å². The normalized spacial score (nSPS) is 18.6. The molecular weight excluding hydrogens is 236 g/mol. The third kappa shape index (κ3) is 6.28. The van der Waals surface area contributed by atoms with Crippen molar-refractivity contribution in [1.29, 1.82) is 0 Å². The summed E-state index contributed by atoms with van der Waals surface area (Å²) in [6.07, 6.45) is 6.43. The van der Waals surface area contributed by atoms with Gasteiger partial charge in [-0.05, 0) is 51.7 Å². The molecule has 1 fully saturated rings. The SMILES string of the molecule is CCCCN(C)C(=NC)NCCC1CCN(C)CC1. The van der Waals surface area contributed by atoms with E-state index < -0.39 is 0 Å². The zero-order valence-electron chi connectivity index (χ0n) is 13.3. The molecule has 0 aromatic heterocycles. The van der Waals surface area contributed by atoms with Crippen LogP contribution in [0.25, 0.3) is 0 Å². The number of nitrogens with zero attached hydrogens (tertiary/aromatic N) is 3. The van der Waals surface area contributed by atoms with E-state index in [-0.39, 0.29) is 0 Å². The Kier molecular flexibility index (Phi) is 7.87. The molecular formula is C15H32N4. The monoisotopic (exact) mass is 268 g/mol. The van der Waals surface area contributed by atoms with Gasteiger partial charge < -0.3 is 15.1 Å². The Morgan fingerprint density at radius 1 is 1.37 bits per heavy atom. The maximum atomic E-state index is 4.36. The molecule has 0 spiro atoms. The van der Waals surface area contributed by atoms with E-state index in [1.54, 1.807) is 0 Å². The Bertz CT molecular complexity index is 257. The van der Waals surface area contributed by atoms with Gasteiger partial charge in [-0.15, -0.1) is 0 Å². The highest BCUT2D eigenvalue weighted by Gasteiger charge is 2.16. The molecule has 19 heavy (non-hydrogen) atoms. The van der Waals surface area contributed by atoms with E-state index in [9.17, 15) is 0 Å². The minimum absolute atomic E-state index is 0.891. The highest BCUT2D eigenvalue weighted by molar-refractivity contribution is 5.79. The van der Waals surface area contributed by atoms with Gasteiger partial charge in [-0.25, -0.2) is 0 Å². The van der Waals surface area contributed by atoms with Crippen LogP contribution < -0.4 is 5.32 Å². The molecule has 1 saturated heterocycles. The molecule has 0 unspecified atom stereocenters. The molecule has 0 amide bonds. The van der Waals surface area contributed by atoms with Gasteiger partial charge >= 0.3 is 0 Å². The van der Waals surface area contributed by atoms with Crippen LogP contribution >= 0.6 is 0 Å². The first-order chi connectivity index (χ1) is 9.17. The first-order valence-electron chi connectivity index (χ1n) is 7.77. The fourth-order valence-electron chi connectivity index (χ4n) is 2.62. The second-order valence-electron chi connectivity index (χ2n) is 5.78. The number of hydrogen-bond donors (Lipinski definition) is 1. The van der Waals surface area contributed by atoms with Crippen LogP contribution in [0.2, 0.25) is 0 Å². The third-order valence-electron chi connectivity index (χ3n) is 4.09. The summed E-state index contributed by atoms with van der Waals surface area (Å²) in [5, 5.41) is 3.50. The van der Waals surface area contributed by atoms with Gasteiger partial charge in [0.2, 0.25) is 0 Å². The van der Waals surface area contributed by atoms with E-state index in [2.05, 4.69) is 41.1 Å². The van der Waals surface area contributed by atoms with Gasteiger partial charge in [-0.1, -0.05) is 13.3 Å². The van der Waals surface area contributed by atoms with Crippen molar-refractivity contribution >= 4 is 5.96 Å². The van der Waals surface area contributed by atoms with Gasteiger partial charge in [0.05, 0.1) is 0 Å². The Hall–Kier alpha value is -0.770. The molecule has 112 valence electrons. The fraction of sp³-hybridized carbons (Fsp3) is 0.933. The number of aliphatic imine (C=N–C) groups is 1. The van der Waals surface area contributed by atoms with Crippen molar-refractivity contribution in [1.82, 2.24) is 15.1 Å². The molecule has 0 aromatic carbocycles. The zero-order chi connectivity index (χ0) is 14.1. The summed E-state index contributed by atoms with van der Waals surface area (Å²) < 4.78 is 0. The summed E-state index contributed by atoms with van der Waals surface area (Å²) in [4.78, 5) is 9.03. The largest absolute Gasteiger partial charge is 0.356 e. The van der Waals surface area contributed by atoms with Crippen molar-refractivity contribution in [3.63, 3.8) is 0 Å². The second kappa shape index (κ2) is 9.18. The predicted molar refractivity (Wildman–Crippen MR) is 83.7 cm³/mol. The number of piperidine rings is 1. The van der Waals surface area contributed by atoms with Crippen molar-refractivity contribution in [3.05, 3.63) is 0 Å². The summed E-state index contributed by atoms with van der Waals surface area (Å²) >= 11 is 0. The number of likely N-dealkylation sites (tertiary alicyclic amines) is 1. The lowest BCUT2D eigenvalue weighted by atomic mass is 9.94. The molecule has 0 radical (unpaired) electrons. The van der Waals surface area contributed by atoms with Crippen LogP contribution in [0.4, 0.5) is 0 Å². The molecule has 1 aliphatic rings. The quantitative estimate of drug-likeness (QED) is 0.591. The first kappa shape index (κ1) is 16.3. The Labute approximate surface area is 119 Å². The van der Waals surface area contributed by atoms with Gasteiger partial charge in [-0.3, -0.25) is 4.99 Å². The molecule has 0 saturated carbocycles. The van der Waals surface area contributed by atoms with Gasteiger partial charge in [0.1, 0.15) is 0 Å². The van der Waals surface area contributed by atoms with Gasteiger partial charge in [0, 0.05) is 27.2 Å². The summed E-state index contributed by atoms with van der Waals surface area (Å²) in [5.74, 6) is 1.93. The highest BCUT2D eigenvalue weighted by Crippen LogP contribution is 2.18. The van der Waals surface area contributed by atoms with Crippen LogP contribution in [-0.2, 0) is 0 Å². The van der Waals surface area contributed by atoms with Crippen LogP contribution in [0.1, 0.15) is 39.0 Å². The van der Waals surface area contributed by atoms with E-state index >= 15 is 0 Å². The molecule has 1 rings (SSSR count). The second-order valence-corrected chi connectivity index (χ2v) is 5.78. The molecule has 4 heteroatoms. The highest BCUT2D eigenvalue weighted by atomic mass is 15.3. The van der Waals surface area contributed by atoms with E-state index in [1.807, 2.05) is 7.05 Å². The molecule has 0 atom stereocenters. The maximum absolute atomic E-state index is 4.36. The standard InChI is InChI=1S/C15H32N4/c1-5-6-11-19(4)15(16-2)17-10-7-14-8-12-18(3)13-9-14/h14H,5-13H2,1-4H3,(H,16,17). The Balaban J connectivity index is 2.19. The Morgan fingerprint density at radius 2 is 2.05 bits per heavy atom. The zero-order valence-corrected chi connectivity index (χ0v) is 13.3. The topological polar surface area (TPSA) is 30.9 Å². The summed E-state index contributed by atoms with van der Waals surface area (Å²) in [5.41, 5.74) is 0. The molecule has 0 aliphatic carbocycles. The minimum atomic E-state index is 0.891. The molecule has 1 heterocycles. The van der Waals surface area contributed by atoms with Gasteiger partial charge in [0.25, 0.3) is 0 Å². The van der Waals surface area contributed by atoms with Gasteiger partial charge in [-0.2, -0.15) is 0 Å². The lowest BCUT2D eigenvalue weighted by Crippen LogP contribution is -2.40. The Morgan fingerprint density at radius 3 is 2.63 bits per heavy atom. The van der Waals surface area contributed by atoms with Crippen LogP contribution in [0, 0.1) is 5.92 Å². The van der Waals surface area contributed by atoms with E-state index in [4.69, 9.17) is 0 Å². The lowest BCUT2D eigenvalue weighted by Gasteiger charge is -2.29. The molecule has 0 aromatic rings. The minimum Gasteiger partial charge on any atom is -0.356 e. The number of hydrogen-bond acceptors (Lipinski definition) is 2. The van der Waals surface area contributed by atoms with Crippen LogP contribution in [0.3, 0.4) is 0 Å². The van der Waals surface area contributed by atoms with Crippen molar-refractivity contribution in [3.8, 4) is 0 Å². The third-order valence-corrected chi connectivity index (χ3v) is 4.09. The lowest BCUT2D eigenvalue weighted by molar-refractivity contribution is 0.212. The van der Waals surface area contributed by atoms with Crippen LogP contribution in [0.15, 0.2) is 4.99 Å². The maximum Gasteiger partial charge on any atom is 0.193 e. The van der Waals surface area contributed by atoms with E-state index in [0.29, 0.717) is 0 Å². The average molecular weight is 268 g/mol. The number of guanidine groups is 1. The fourth-order valence-corrected chi connectivity index (χ4v) is 2.62. The number of rotatable bonds is 6. The van der Waals surface area contributed by atoms with Crippen molar-refractivity contribution in [2.75, 3.05) is 47.3 Å². The van der Waals surface area contributed by atoms with Crippen molar-refractivity contribution in [2.45, 2.75) is 39.0 Å².